The van der Waals surface area contributed by atoms with Crippen LogP contribution in [0.4, 0.5) is 0 Å². The number of ether oxygens (including phenoxy) is 1. The van der Waals surface area contributed by atoms with Crippen molar-refractivity contribution in [2.24, 2.45) is 5.92 Å². The predicted molar refractivity (Wildman–Crippen MR) is 57.8 cm³/mol. The summed E-state index contributed by atoms with van der Waals surface area (Å²) in [5.41, 5.74) is 0.944. The van der Waals surface area contributed by atoms with Gasteiger partial charge < -0.3 is 9.84 Å². The van der Waals surface area contributed by atoms with Gasteiger partial charge in [-0.15, -0.1) is 5.10 Å². The quantitative estimate of drug-likeness (QED) is 0.853. The van der Waals surface area contributed by atoms with Crippen LogP contribution < -0.4 is 0 Å². The van der Waals surface area contributed by atoms with Crippen molar-refractivity contribution in [2.75, 3.05) is 13.2 Å². The molecular weight excluding hydrogens is 212 g/mol. The van der Waals surface area contributed by atoms with E-state index in [2.05, 4.69) is 9.59 Å². The highest BCUT2D eigenvalue weighted by atomic mass is 32.1. The fourth-order valence-corrected chi connectivity index (χ4v) is 2.75. The molecule has 1 unspecified atom stereocenters. The Bertz CT molecular complexity index is 310. The Labute approximate surface area is 93.4 Å². The molecule has 1 fully saturated rings. The summed E-state index contributed by atoms with van der Waals surface area (Å²) in [6.07, 6.45) is 2.31. The van der Waals surface area contributed by atoms with Crippen molar-refractivity contribution < 1.29 is 9.84 Å². The molecule has 0 spiro atoms. The van der Waals surface area contributed by atoms with Crippen molar-refractivity contribution in [1.29, 1.82) is 0 Å². The average molecular weight is 228 g/mol. The Morgan fingerprint density at radius 3 is 2.93 bits per heavy atom. The normalized spacial score (nSPS) is 20.4. The summed E-state index contributed by atoms with van der Waals surface area (Å²) in [6.45, 7) is 3.56. The second-order valence-corrected chi connectivity index (χ2v) is 4.62. The summed E-state index contributed by atoms with van der Waals surface area (Å²) < 4.78 is 9.19. The van der Waals surface area contributed by atoms with Crippen molar-refractivity contribution in [1.82, 2.24) is 9.59 Å². The molecule has 1 aromatic rings. The van der Waals surface area contributed by atoms with Crippen LogP contribution in [0.2, 0.25) is 0 Å². The highest BCUT2D eigenvalue weighted by Crippen LogP contribution is 2.33. The van der Waals surface area contributed by atoms with Crippen LogP contribution in [0.5, 0.6) is 0 Å². The molecule has 0 amide bonds. The molecule has 1 saturated heterocycles. The Hall–Kier alpha value is -0.520. The number of hydrogen-bond donors (Lipinski definition) is 1. The first-order valence-electron chi connectivity index (χ1n) is 5.40. The zero-order valence-corrected chi connectivity index (χ0v) is 9.66. The molecule has 0 bridgehead atoms. The maximum absolute atomic E-state index is 10.2. The van der Waals surface area contributed by atoms with Gasteiger partial charge in [0.15, 0.2) is 0 Å². The summed E-state index contributed by atoms with van der Waals surface area (Å²) >= 11 is 1.32. The molecule has 1 N–H and O–H groups in total. The van der Waals surface area contributed by atoms with E-state index < -0.39 is 6.10 Å². The molecule has 0 aliphatic carbocycles. The van der Waals surface area contributed by atoms with Gasteiger partial charge >= 0.3 is 0 Å². The SMILES string of the molecule is CCc1nnsc1C(O)C1CCOCC1. The summed E-state index contributed by atoms with van der Waals surface area (Å²) in [7, 11) is 0. The van der Waals surface area contributed by atoms with E-state index in [0.29, 0.717) is 5.92 Å². The largest absolute Gasteiger partial charge is 0.387 e. The average Bonchev–Trinajstić information content (AvgIpc) is 2.77. The Morgan fingerprint density at radius 1 is 1.53 bits per heavy atom. The Morgan fingerprint density at radius 2 is 2.27 bits per heavy atom. The van der Waals surface area contributed by atoms with E-state index in [1.807, 2.05) is 6.92 Å². The molecule has 2 heterocycles. The van der Waals surface area contributed by atoms with Crippen molar-refractivity contribution in [3.63, 3.8) is 0 Å². The predicted octanol–water partition coefficient (Wildman–Crippen LogP) is 1.56. The second kappa shape index (κ2) is 5.01. The van der Waals surface area contributed by atoms with Crippen LogP contribution in [0.15, 0.2) is 0 Å². The van der Waals surface area contributed by atoms with E-state index in [9.17, 15) is 5.11 Å². The molecule has 1 aliphatic heterocycles. The summed E-state index contributed by atoms with van der Waals surface area (Å²) in [5, 5.41) is 14.2. The first-order valence-corrected chi connectivity index (χ1v) is 6.17. The molecule has 0 aromatic carbocycles. The van der Waals surface area contributed by atoms with E-state index in [0.717, 1.165) is 43.0 Å². The van der Waals surface area contributed by atoms with E-state index in [-0.39, 0.29) is 0 Å². The number of aliphatic hydroxyl groups excluding tert-OH is 1. The lowest BCUT2D eigenvalue weighted by atomic mass is 9.92. The molecule has 1 aliphatic rings. The zero-order chi connectivity index (χ0) is 10.7. The first-order chi connectivity index (χ1) is 7.33. The minimum absolute atomic E-state index is 0.311. The lowest BCUT2D eigenvalue weighted by Crippen LogP contribution is -2.22. The molecule has 1 aromatic heterocycles. The summed E-state index contributed by atoms with van der Waals surface area (Å²) in [6, 6.07) is 0. The summed E-state index contributed by atoms with van der Waals surface area (Å²) in [4.78, 5) is 0.949. The van der Waals surface area contributed by atoms with Gasteiger partial charge in [-0.25, -0.2) is 0 Å². The second-order valence-electron chi connectivity index (χ2n) is 3.83. The molecule has 84 valence electrons. The van der Waals surface area contributed by atoms with Crippen molar-refractivity contribution in [2.45, 2.75) is 32.3 Å². The topological polar surface area (TPSA) is 55.2 Å². The maximum Gasteiger partial charge on any atom is 0.0946 e. The molecule has 4 nitrogen and oxygen atoms in total. The maximum atomic E-state index is 10.2. The van der Waals surface area contributed by atoms with Crippen LogP contribution in [0.1, 0.15) is 36.4 Å². The minimum Gasteiger partial charge on any atom is -0.387 e. The van der Waals surface area contributed by atoms with Crippen LogP contribution in [0, 0.1) is 5.92 Å². The molecular formula is C10H16N2O2S. The number of aromatic nitrogens is 2. The minimum atomic E-state index is -0.399. The third kappa shape index (κ3) is 2.35. The highest BCUT2D eigenvalue weighted by molar-refractivity contribution is 7.05. The first kappa shape index (κ1) is 11.0. The van der Waals surface area contributed by atoms with Crippen molar-refractivity contribution in [3.8, 4) is 0 Å². The van der Waals surface area contributed by atoms with Crippen LogP contribution >= 0.6 is 11.5 Å². The Kier molecular flexibility index (Phi) is 3.66. The fourth-order valence-electron chi connectivity index (χ4n) is 1.93. The van der Waals surface area contributed by atoms with Gasteiger partial charge in [-0.1, -0.05) is 11.4 Å². The monoisotopic (exact) mass is 228 g/mol. The molecule has 0 saturated carbocycles. The van der Waals surface area contributed by atoms with Gasteiger partial charge in [0.05, 0.1) is 16.7 Å². The van der Waals surface area contributed by atoms with Gasteiger partial charge in [-0.2, -0.15) is 0 Å². The molecule has 0 radical (unpaired) electrons. The smallest absolute Gasteiger partial charge is 0.0946 e. The molecule has 5 heteroatoms. The number of nitrogens with zero attached hydrogens (tertiary/aromatic N) is 2. The van der Waals surface area contributed by atoms with Crippen LogP contribution in [-0.2, 0) is 11.2 Å². The fraction of sp³-hybridized carbons (Fsp3) is 0.800. The number of hydrogen-bond acceptors (Lipinski definition) is 5. The van der Waals surface area contributed by atoms with E-state index in [1.54, 1.807) is 0 Å². The lowest BCUT2D eigenvalue weighted by molar-refractivity contribution is 0.00817. The third-order valence-electron chi connectivity index (χ3n) is 2.90. The van der Waals surface area contributed by atoms with Gasteiger partial charge in [0.25, 0.3) is 0 Å². The van der Waals surface area contributed by atoms with Gasteiger partial charge in [0.2, 0.25) is 0 Å². The van der Waals surface area contributed by atoms with Crippen LogP contribution in [0.3, 0.4) is 0 Å². The van der Waals surface area contributed by atoms with Crippen LogP contribution in [0.25, 0.3) is 0 Å². The van der Waals surface area contributed by atoms with Gasteiger partial charge in [-0.3, -0.25) is 0 Å². The zero-order valence-electron chi connectivity index (χ0n) is 8.85. The summed E-state index contributed by atoms with van der Waals surface area (Å²) in [5.74, 6) is 0.311. The Balaban J connectivity index is 2.08. The molecule has 2 rings (SSSR count). The number of aliphatic hydroxyl groups is 1. The van der Waals surface area contributed by atoms with Crippen molar-refractivity contribution in [3.05, 3.63) is 10.6 Å². The highest BCUT2D eigenvalue weighted by Gasteiger charge is 2.26. The van der Waals surface area contributed by atoms with E-state index in [1.165, 1.54) is 11.5 Å². The third-order valence-corrected chi connectivity index (χ3v) is 3.74. The van der Waals surface area contributed by atoms with E-state index in [4.69, 9.17) is 4.74 Å². The van der Waals surface area contributed by atoms with Gasteiger partial charge in [-0.05, 0) is 36.7 Å². The van der Waals surface area contributed by atoms with Crippen molar-refractivity contribution >= 4 is 11.5 Å². The standard InChI is InChI=1S/C10H16N2O2S/c1-2-8-10(15-12-11-8)9(13)7-3-5-14-6-4-7/h7,9,13H,2-6H2,1H3. The van der Waals surface area contributed by atoms with Crippen LogP contribution in [-0.4, -0.2) is 27.9 Å². The number of rotatable bonds is 3. The van der Waals surface area contributed by atoms with Gasteiger partial charge in [0, 0.05) is 13.2 Å². The number of aryl methyl sites for hydroxylation is 1. The van der Waals surface area contributed by atoms with E-state index >= 15 is 0 Å². The molecule has 1 atom stereocenters. The van der Waals surface area contributed by atoms with Gasteiger partial charge in [0.1, 0.15) is 0 Å². The molecule has 15 heavy (non-hydrogen) atoms. The lowest BCUT2D eigenvalue weighted by Gasteiger charge is -2.26.